The van der Waals surface area contributed by atoms with Crippen molar-refractivity contribution < 1.29 is 0 Å². The summed E-state index contributed by atoms with van der Waals surface area (Å²) >= 11 is 0. The highest BCUT2D eigenvalue weighted by atomic mass is 14.0. The van der Waals surface area contributed by atoms with Crippen molar-refractivity contribution in [2.45, 2.75) is 84.0 Å². The van der Waals surface area contributed by atoms with E-state index in [-0.39, 0.29) is 0 Å². The fraction of sp³-hybridized carbons (Fsp3) is 0.765. The molecule has 0 saturated heterocycles. The average Bonchev–Trinajstić information content (AvgIpc) is 2.35. The molecule has 0 saturated carbocycles. The van der Waals surface area contributed by atoms with Crippen LogP contribution in [0.2, 0.25) is 0 Å². The van der Waals surface area contributed by atoms with E-state index in [0.717, 1.165) is 6.42 Å². The molecule has 0 aromatic rings. The van der Waals surface area contributed by atoms with Gasteiger partial charge in [-0.05, 0) is 25.7 Å². The lowest BCUT2D eigenvalue weighted by Crippen LogP contribution is -1.80. The molecule has 0 spiro atoms. The van der Waals surface area contributed by atoms with E-state index in [1.165, 1.54) is 70.6 Å². The fourth-order valence-corrected chi connectivity index (χ4v) is 2.02. The summed E-state index contributed by atoms with van der Waals surface area (Å²) in [7, 11) is 0. The van der Waals surface area contributed by atoms with Gasteiger partial charge in [0.15, 0.2) is 0 Å². The van der Waals surface area contributed by atoms with Crippen molar-refractivity contribution in [2.75, 3.05) is 0 Å². The first-order valence-corrected chi connectivity index (χ1v) is 7.67. The van der Waals surface area contributed by atoms with Crippen molar-refractivity contribution in [3.63, 3.8) is 0 Å². The average molecular weight is 236 g/mol. The van der Waals surface area contributed by atoms with Crippen molar-refractivity contribution in [3.8, 4) is 0 Å². The van der Waals surface area contributed by atoms with Crippen LogP contribution in [-0.4, -0.2) is 0 Å². The molecule has 0 atom stereocenters. The molecule has 0 bridgehead atoms. The standard InChI is InChI=1S/C17H32/c1-3-5-7-9-11-13-15-17-16-14-12-10-8-6-4-2/h3,9,11H,1,4-8,10,12-17H2,2H3. The Balaban J connectivity index is 2.98. The Morgan fingerprint density at radius 3 is 1.76 bits per heavy atom. The third-order valence-electron chi connectivity index (χ3n) is 3.18. The summed E-state index contributed by atoms with van der Waals surface area (Å²) in [6, 6.07) is 0. The molecule has 0 aliphatic rings. The molecule has 0 fully saturated rings. The second kappa shape index (κ2) is 15.5. The Bertz CT molecular complexity index is 167. The molecule has 100 valence electrons. The maximum absolute atomic E-state index is 3.72. The van der Waals surface area contributed by atoms with E-state index < -0.39 is 0 Å². The third-order valence-corrected chi connectivity index (χ3v) is 3.18. The summed E-state index contributed by atoms with van der Waals surface area (Å²) in [6.45, 7) is 6.00. The molecule has 0 rings (SSSR count). The second-order valence-electron chi connectivity index (χ2n) is 4.95. The van der Waals surface area contributed by atoms with Gasteiger partial charge in [0, 0.05) is 0 Å². The van der Waals surface area contributed by atoms with Gasteiger partial charge in [0.05, 0.1) is 0 Å². The largest absolute Gasteiger partial charge is 0.103 e. The van der Waals surface area contributed by atoms with E-state index in [4.69, 9.17) is 0 Å². The summed E-state index contributed by atoms with van der Waals surface area (Å²) in [5.41, 5.74) is 0. The van der Waals surface area contributed by atoms with Crippen molar-refractivity contribution in [2.24, 2.45) is 0 Å². The maximum atomic E-state index is 3.72. The zero-order valence-electron chi connectivity index (χ0n) is 11.9. The van der Waals surface area contributed by atoms with Gasteiger partial charge in [-0.2, -0.15) is 0 Å². The molecule has 17 heavy (non-hydrogen) atoms. The minimum atomic E-state index is 1.12. The third kappa shape index (κ3) is 15.5. The Labute approximate surface area is 109 Å². The Hall–Kier alpha value is -0.520. The Morgan fingerprint density at radius 1 is 0.647 bits per heavy atom. The summed E-state index contributed by atoms with van der Waals surface area (Å²) in [4.78, 5) is 0. The van der Waals surface area contributed by atoms with Crippen molar-refractivity contribution in [3.05, 3.63) is 24.8 Å². The molecular weight excluding hydrogens is 204 g/mol. The summed E-state index contributed by atoms with van der Waals surface area (Å²) in [5.74, 6) is 0. The lowest BCUT2D eigenvalue weighted by Gasteiger charge is -2.00. The first-order valence-electron chi connectivity index (χ1n) is 7.67. The van der Waals surface area contributed by atoms with Crippen LogP contribution in [0, 0.1) is 0 Å². The number of allylic oxidation sites excluding steroid dienone is 3. The van der Waals surface area contributed by atoms with Gasteiger partial charge in [-0.25, -0.2) is 0 Å². The molecule has 0 aliphatic carbocycles. The van der Waals surface area contributed by atoms with Crippen LogP contribution in [0.25, 0.3) is 0 Å². The van der Waals surface area contributed by atoms with Crippen molar-refractivity contribution in [1.82, 2.24) is 0 Å². The quantitative estimate of drug-likeness (QED) is 0.255. The molecule has 0 aromatic carbocycles. The molecule has 0 heterocycles. The van der Waals surface area contributed by atoms with Crippen LogP contribution >= 0.6 is 0 Å². The topological polar surface area (TPSA) is 0 Å². The van der Waals surface area contributed by atoms with E-state index in [1.54, 1.807) is 0 Å². The van der Waals surface area contributed by atoms with E-state index in [9.17, 15) is 0 Å². The molecule has 0 aliphatic heterocycles. The van der Waals surface area contributed by atoms with Gasteiger partial charge in [-0.15, -0.1) is 6.58 Å². The number of hydrogen-bond donors (Lipinski definition) is 0. The smallest absolute Gasteiger partial charge is 0.0316 e. The normalized spacial score (nSPS) is 11.1. The van der Waals surface area contributed by atoms with Gasteiger partial charge < -0.3 is 0 Å². The van der Waals surface area contributed by atoms with Crippen LogP contribution in [0.15, 0.2) is 24.8 Å². The van der Waals surface area contributed by atoms with Crippen molar-refractivity contribution in [1.29, 1.82) is 0 Å². The van der Waals surface area contributed by atoms with Gasteiger partial charge in [-0.3, -0.25) is 0 Å². The highest BCUT2D eigenvalue weighted by Gasteiger charge is 1.90. The van der Waals surface area contributed by atoms with Gasteiger partial charge in [0.25, 0.3) is 0 Å². The molecule has 0 nitrogen and oxygen atoms in total. The monoisotopic (exact) mass is 236 g/mol. The molecule has 0 radical (unpaired) electrons. The van der Waals surface area contributed by atoms with Crippen LogP contribution in [0.1, 0.15) is 84.0 Å². The first kappa shape index (κ1) is 16.5. The summed E-state index contributed by atoms with van der Waals surface area (Å²) in [5, 5.41) is 0. The van der Waals surface area contributed by atoms with Crippen LogP contribution in [0.5, 0.6) is 0 Å². The van der Waals surface area contributed by atoms with Crippen LogP contribution in [0.4, 0.5) is 0 Å². The minimum Gasteiger partial charge on any atom is -0.103 e. The van der Waals surface area contributed by atoms with Gasteiger partial charge in [0.2, 0.25) is 0 Å². The predicted octanol–water partition coefficient (Wildman–Crippen LogP) is 6.43. The van der Waals surface area contributed by atoms with E-state index >= 15 is 0 Å². The molecular formula is C17H32. The SMILES string of the molecule is C=CCCC=CCCCCCCCCCCC. The highest BCUT2D eigenvalue weighted by Crippen LogP contribution is 2.10. The van der Waals surface area contributed by atoms with E-state index in [0.29, 0.717) is 0 Å². The zero-order valence-corrected chi connectivity index (χ0v) is 11.9. The van der Waals surface area contributed by atoms with E-state index in [2.05, 4.69) is 25.7 Å². The van der Waals surface area contributed by atoms with Crippen LogP contribution < -0.4 is 0 Å². The summed E-state index contributed by atoms with van der Waals surface area (Å²) < 4.78 is 0. The van der Waals surface area contributed by atoms with Gasteiger partial charge in [0.1, 0.15) is 0 Å². The van der Waals surface area contributed by atoms with Gasteiger partial charge >= 0.3 is 0 Å². The number of rotatable bonds is 13. The molecule has 0 unspecified atom stereocenters. The van der Waals surface area contributed by atoms with Crippen LogP contribution in [-0.2, 0) is 0 Å². The van der Waals surface area contributed by atoms with Gasteiger partial charge in [-0.1, -0.05) is 76.5 Å². The van der Waals surface area contributed by atoms with Crippen molar-refractivity contribution >= 4 is 0 Å². The molecule has 0 aromatic heterocycles. The minimum absolute atomic E-state index is 1.12. The van der Waals surface area contributed by atoms with Crippen LogP contribution in [0.3, 0.4) is 0 Å². The maximum Gasteiger partial charge on any atom is -0.0316 e. The Kier molecular flexibility index (Phi) is 15.0. The lowest BCUT2D eigenvalue weighted by molar-refractivity contribution is 0.566. The second-order valence-corrected chi connectivity index (χ2v) is 4.95. The number of unbranched alkanes of at least 4 members (excludes halogenated alkanes) is 10. The lowest BCUT2D eigenvalue weighted by atomic mass is 10.1. The fourth-order valence-electron chi connectivity index (χ4n) is 2.02. The summed E-state index contributed by atoms with van der Waals surface area (Å²) in [6.07, 6.45) is 23.0. The highest BCUT2D eigenvalue weighted by molar-refractivity contribution is 4.84. The van der Waals surface area contributed by atoms with E-state index in [1.807, 2.05) is 6.08 Å². The Morgan fingerprint density at radius 2 is 1.18 bits per heavy atom. The zero-order chi connectivity index (χ0) is 12.6. The molecule has 0 amide bonds. The number of hydrogen-bond acceptors (Lipinski definition) is 0. The molecule has 0 heteroatoms. The molecule has 0 N–H and O–H groups in total. The first-order chi connectivity index (χ1) is 8.41. The predicted molar refractivity (Wildman–Crippen MR) is 80.4 cm³/mol.